The van der Waals surface area contributed by atoms with Gasteiger partial charge in [0.25, 0.3) is 5.91 Å². The minimum atomic E-state index is 0.0360. The highest BCUT2D eigenvalue weighted by Crippen LogP contribution is 2.17. The summed E-state index contributed by atoms with van der Waals surface area (Å²) in [7, 11) is 1.81. The summed E-state index contributed by atoms with van der Waals surface area (Å²) < 4.78 is 7.57. The quantitative estimate of drug-likeness (QED) is 0.869. The Morgan fingerprint density at radius 1 is 1.36 bits per heavy atom. The van der Waals surface area contributed by atoms with Crippen molar-refractivity contribution in [2.24, 2.45) is 7.05 Å². The zero-order chi connectivity index (χ0) is 15.5. The number of hydrogen-bond acceptors (Lipinski definition) is 3. The van der Waals surface area contributed by atoms with Crippen LogP contribution in [0.4, 0.5) is 0 Å². The van der Waals surface area contributed by atoms with Gasteiger partial charge in [-0.2, -0.15) is 5.10 Å². The Bertz CT molecular complexity index is 651. The van der Waals surface area contributed by atoms with Crippen LogP contribution in [-0.4, -0.2) is 39.8 Å². The normalized spacial score (nSPS) is 17.9. The van der Waals surface area contributed by atoms with E-state index in [1.807, 2.05) is 36.1 Å². The van der Waals surface area contributed by atoms with Gasteiger partial charge in [-0.1, -0.05) is 30.3 Å². The lowest BCUT2D eigenvalue weighted by Gasteiger charge is -2.16. The first-order chi connectivity index (χ1) is 10.6. The molecule has 0 radical (unpaired) electrons. The maximum Gasteiger partial charge on any atom is 0.272 e. The summed E-state index contributed by atoms with van der Waals surface area (Å²) in [4.78, 5) is 14.4. The highest BCUT2D eigenvalue weighted by atomic mass is 16.5. The second-order valence-corrected chi connectivity index (χ2v) is 5.75. The number of likely N-dealkylation sites (tertiary alicyclic amines) is 1. The fourth-order valence-corrected chi connectivity index (χ4v) is 2.81. The molecule has 5 nitrogen and oxygen atoms in total. The molecule has 1 fully saturated rings. The van der Waals surface area contributed by atoms with Crippen LogP contribution in [0.1, 0.15) is 28.2 Å². The molecule has 116 valence electrons. The van der Waals surface area contributed by atoms with Gasteiger partial charge in [-0.3, -0.25) is 9.48 Å². The zero-order valence-corrected chi connectivity index (χ0v) is 13.0. The molecule has 1 aliphatic rings. The van der Waals surface area contributed by atoms with E-state index in [-0.39, 0.29) is 12.0 Å². The van der Waals surface area contributed by atoms with Crippen molar-refractivity contribution in [3.05, 3.63) is 53.3 Å². The first-order valence-corrected chi connectivity index (χ1v) is 7.59. The Morgan fingerprint density at radius 2 is 2.14 bits per heavy atom. The number of hydrogen-bond donors (Lipinski definition) is 0. The molecule has 1 aromatic carbocycles. The van der Waals surface area contributed by atoms with Crippen LogP contribution in [0.5, 0.6) is 0 Å². The van der Waals surface area contributed by atoms with Crippen LogP contribution in [0.3, 0.4) is 0 Å². The molecular weight excluding hydrogens is 278 g/mol. The zero-order valence-electron chi connectivity index (χ0n) is 13.0. The molecule has 5 heteroatoms. The molecule has 1 amide bonds. The minimum Gasteiger partial charge on any atom is -0.372 e. The summed E-state index contributed by atoms with van der Waals surface area (Å²) in [5, 5.41) is 4.24. The van der Waals surface area contributed by atoms with Crippen LogP contribution >= 0.6 is 0 Å². The maximum absolute atomic E-state index is 12.5. The lowest BCUT2D eigenvalue weighted by Crippen LogP contribution is -2.31. The van der Waals surface area contributed by atoms with Crippen molar-refractivity contribution in [2.75, 3.05) is 13.1 Å². The fourth-order valence-electron chi connectivity index (χ4n) is 2.81. The van der Waals surface area contributed by atoms with Gasteiger partial charge >= 0.3 is 0 Å². The Morgan fingerprint density at radius 3 is 2.82 bits per heavy atom. The molecule has 2 heterocycles. The van der Waals surface area contributed by atoms with Crippen LogP contribution in [0.25, 0.3) is 0 Å². The predicted octanol–water partition coefficient (Wildman–Crippen LogP) is 2.16. The van der Waals surface area contributed by atoms with Crippen molar-refractivity contribution in [3.8, 4) is 0 Å². The number of ether oxygens (including phenoxy) is 1. The molecule has 1 unspecified atom stereocenters. The highest BCUT2D eigenvalue weighted by Gasteiger charge is 2.29. The summed E-state index contributed by atoms with van der Waals surface area (Å²) >= 11 is 0. The summed E-state index contributed by atoms with van der Waals surface area (Å²) in [6.45, 7) is 3.88. The third kappa shape index (κ3) is 3.20. The van der Waals surface area contributed by atoms with Crippen molar-refractivity contribution in [1.29, 1.82) is 0 Å². The summed E-state index contributed by atoms with van der Waals surface area (Å²) in [6, 6.07) is 11.9. The van der Waals surface area contributed by atoms with Crippen LogP contribution < -0.4 is 0 Å². The lowest BCUT2D eigenvalue weighted by atomic mass is 10.2. The van der Waals surface area contributed by atoms with Crippen LogP contribution in [0, 0.1) is 6.92 Å². The topological polar surface area (TPSA) is 47.4 Å². The van der Waals surface area contributed by atoms with Gasteiger partial charge in [-0.15, -0.1) is 0 Å². The number of amides is 1. The van der Waals surface area contributed by atoms with E-state index >= 15 is 0 Å². The SMILES string of the molecule is Cc1cc(C(=O)N2CCC(OCc3ccccc3)C2)n(C)n1. The van der Waals surface area contributed by atoms with Gasteiger partial charge < -0.3 is 9.64 Å². The maximum atomic E-state index is 12.5. The number of benzene rings is 1. The standard InChI is InChI=1S/C17H21N3O2/c1-13-10-16(19(2)18-13)17(21)20-9-8-15(11-20)22-12-14-6-4-3-5-7-14/h3-7,10,15H,8-9,11-12H2,1-2H3. The third-order valence-electron chi connectivity index (χ3n) is 3.98. The Balaban J connectivity index is 1.56. The minimum absolute atomic E-state index is 0.0360. The Kier molecular flexibility index (Phi) is 4.24. The monoisotopic (exact) mass is 299 g/mol. The first-order valence-electron chi connectivity index (χ1n) is 7.59. The van der Waals surface area contributed by atoms with Gasteiger partial charge in [0, 0.05) is 20.1 Å². The average molecular weight is 299 g/mol. The molecule has 0 N–H and O–H groups in total. The van der Waals surface area contributed by atoms with Gasteiger partial charge in [-0.25, -0.2) is 0 Å². The van der Waals surface area contributed by atoms with Gasteiger partial charge in [0.2, 0.25) is 0 Å². The summed E-state index contributed by atoms with van der Waals surface area (Å²) in [6.07, 6.45) is 0.994. The molecule has 0 bridgehead atoms. The highest BCUT2D eigenvalue weighted by molar-refractivity contribution is 5.92. The molecule has 0 spiro atoms. The van der Waals surface area contributed by atoms with Crippen molar-refractivity contribution < 1.29 is 9.53 Å². The lowest BCUT2D eigenvalue weighted by molar-refractivity contribution is 0.0435. The molecule has 22 heavy (non-hydrogen) atoms. The van der Waals surface area contributed by atoms with Crippen molar-refractivity contribution >= 4 is 5.91 Å². The van der Waals surface area contributed by atoms with E-state index < -0.39 is 0 Å². The second-order valence-electron chi connectivity index (χ2n) is 5.75. The van der Waals surface area contributed by atoms with E-state index in [4.69, 9.17) is 4.74 Å². The molecular formula is C17H21N3O2. The van der Waals surface area contributed by atoms with Crippen molar-refractivity contribution in [2.45, 2.75) is 26.1 Å². The molecule has 0 aliphatic carbocycles. The smallest absolute Gasteiger partial charge is 0.272 e. The van der Waals surface area contributed by atoms with E-state index in [9.17, 15) is 4.79 Å². The molecule has 1 atom stereocenters. The fraction of sp³-hybridized carbons (Fsp3) is 0.412. The predicted molar refractivity (Wildman–Crippen MR) is 83.5 cm³/mol. The largest absolute Gasteiger partial charge is 0.372 e. The van der Waals surface area contributed by atoms with Crippen LogP contribution in [0.2, 0.25) is 0 Å². The number of carbonyl (C=O) groups excluding carboxylic acids is 1. The molecule has 3 rings (SSSR count). The molecule has 0 saturated carbocycles. The Labute approximate surface area is 130 Å². The number of nitrogens with zero attached hydrogens (tertiary/aromatic N) is 3. The average Bonchev–Trinajstić information content (AvgIpc) is 3.12. The number of aromatic nitrogens is 2. The van der Waals surface area contributed by atoms with Crippen LogP contribution in [0.15, 0.2) is 36.4 Å². The van der Waals surface area contributed by atoms with Gasteiger partial charge in [-0.05, 0) is 25.0 Å². The van der Waals surface area contributed by atoms with Crippen LogP contribution in [-0.2, 0) is 18.4 Å². The molecule has 1 aliphatic heterocycles. The molecule has 1 saturated heterocycles. The molecule has 2 aromatic rings. The first kappa shape index (κ1) is 14.8. The second kappa shape index (κ2) is 6.32. The number of carbonyl (C=O) groups is 1. The number of rotatable bonds is 4. The van der Waals surface area contributed by atoms with Gasteiger partial charge in [0.15, 0.2) is 0 Å². The van der Waals surface area contributed by atoms with E-state index in [0.717, 1.165) is 24.2 Å². The van der Waals surface area contributed by atoms with E-state index in [2.05, 4.69) is 17.2 Å². The summed E-state index contributed by atoms with van der Waals surface area (Å²) in [5.74, 6) is 0.0360. The Hall–Kier alpha value is -2.14. The molecule has 1 aromatic heterocycles. The van der Waals surface area contributed by atoms with Gasteiger partial charge in [0.1, 0.15) is 5.69 Å². The van der Waals surface area contributed by atoms with E-state index in [1.54, 1.807) is 11.7 Å². The third-order valence-corrected chi connectivity index (χ3v) is 3.98. The summed E-state index contributed by atoms with van der Waals surface area (Å²) in [5.41, 5.74) is 2.66. The van der Waals surface area contributed by atoms with E-state index in [1.165, 1.54) is 0 Å². The number of aryl methyl sites for hydroxylation is 2. The van der Waals surface area contributed by atoms with Crippen molar-refractivity contribution in [3.63, 3.8) is 0 Å². The van der Waals surface area contributed by atoms with Gasteiger partial charge in [0.05, 0.1) is 18.4 Å². The van der Waals surface area contributed by atoms with E-state index in [0.29, 0.717) is 18.8 Å². The van der Waals surface area contributed by atoms with Crippen molar-refractivity contribution in [1.82, 2.24) is 14.7 Å².